The number of carbonyl (C=O) groups is 1. The molecule has 1 aromatic heterocycles. The zero-order chi connectivity index (χ0) is 15.4. The molecule has 0 aliphatic carbocycles. The molecule has 2 rings (SSSR count). The molecule has 1 atom stereocenters. The van der Waals surface area contributed by atoms with E-state index in [1.807, 2.05) is 49.0 Å². The average Bonchev–Trinajstić information content (AvgIpc) is 2.91. The van der Waals surface area contributed by atoms with Gasteiger partial charge in [0.05, 0.1) is 11.7 Å². The molecule has 112 valence electrons. The van der Waals surface area contributed by atoms with Gasteiger partial charge >= 0.3 is 0 Å². The smallest absolute Gasteiger partial charge is 0.153 e. The van der Waals surface area contributed by atoms with E-state index in [1.165, 1.54) is 0 Å². The SMILES string of the molecule is CCC(C)n1cc(C=O)c(-c2ccc(OC(C)C)cc2)n1. The maximum Gasteiger partial charge on any atom is 0.153 e. The number of aldehydes is 1. The molecule has 0 spiro atoms. The summed E-state index contributed by atoms with van der Waals surface area (Å²) in [6.45, 7) is 8.17. The lowest BCUT2D eigenvalue weighted by Crippen LogP contribution is -2.05. The predicted octanol–water partition coefficient (Wildman–Crippen LogP) is 4.12. The third kappa shape index (κ3) is 3.51. The van der Waals surface area contributed by atoms with Crippen molar-refractivity contribution in [1.82, 2.24) is 9.78 Å². The van der Waals surface area contributed by atoms with Crippen molar-refractivity contribution in [3.05, 3.63) is 36.0 Å². The average molecular weight is 286 g/mol. The van der Waals surface area contributed by atoms with Crippen molar-refractivity contribution in [1.29, 1.82) is 0 Å². The largest absolute Gasteiger partial charge is 0.491 e. The molecule has 4 nitrogen and oxygen atoms in total. The molecule has 2 aromatic rings. The minimum atomic E-state index is 0.144. The van der Waals surface area contributed by atoms with E-state index in [2.05, 4.69) is 18.9 Å². The third-order valence-corrected chi connectivity index (χ3v) is 3.43. The monoisotopic (exact) mass is 286 g/mol. The van der Waals surface area contributed by atoms with Gasteiger partial charge in [-0.2, -0.15) is 5.10 Å². The van der Waals surface area contributed by atoms with Gasteiger partial charge in [-0.25, -0.2) is 0 Å². The van der Waals surface area contributed by atoms with E-state index in [0.29, 0.717) is 5.56 Å². The van der Waals surface area contributed by atoms with E-state index in [1.54, 1.807) is 0 Å². The van der Waals surface area contributed by atoms with Crippen LogP contribution < -0.4 is 4.74 Å². The molecule has 0 aliphatic heterocycles. The number of aromatic nitrogens is 2. The van der Waals surface area contributed by atoms with Crippen molar-refractivity contribution < 1.29 is 9.53 Å². The van der Waals surface area contributed by atoms with Crippen LogP contribution in [0.15, 0.2) is 30.5 Å². The Bertz CT molecular complexity index is 600. The Morgan fingerprint density at radius 3 is 2.43 bits per heavy atom. The summed E-state index contributed by atoms with van der Waals surface area (Å²) in [5, 5.41) is 4.56. The van der Waals surface area contributed by atoms with Gasteiger partial charge in [0.25, 0.3) is 0 Å². The normalized spacial score (nSPS) is 12.4. The fourth-order valence-electron chi connectivity index (χ4n) is 2.09. The molecule has 0 amide bonds. The number of ether oxygens (including phenoxy) is 1. The summed E-state index contributed by atoms with van der Waals surface area (Å²) in [7, 11) is 0. The molecule has 21 heavy (non-hydrogen) atoms. The number of carbonyl (C=O) groups excluding carboxylic acids is 1. The third-order valence-electron chi connectivity index (χ3n) is 3.43. The molecule has 1 heterocycles. The van der Waals surface area contributed by atoms with E-state index < -0.39 is 0 Å². The maximum absolute atomic E-state index is 11.3. The fourth-order valence-corrected chi connectivity index (χ4v) is 2.09. The second-order valence-corrected chi connectivity index (χ2v) is 5.48. The van der Waals surface area contributed by atoms with Gasteiger partial charge in [0.15, 0.2) is 6.29 Å². The van der Waals surface area contributed by atoms with Crippen LogP contribution in [0.4, 0.5) is 0 Å². The highest BCUT2D eigenvalue weighted by Crippen LogP contribution is 2.25. The molecule has 0 aliphatic rings. The highest BCUT2D eigenvalue weighted by Gasteiger charge is 2.13. The van der Waals surface area contributed by atoms with E-state index >= 15 is 0 Å². The highest BCUT2D eigenvalue weighted by molar-refractivity contribution is 5.85. The van der Waals surface area contributed by atoms with Crippen LogP contribution in [-0.4, -0.2) is 22.2 Å². The van der Waals surface area contributed by atoms with E-state index in [9.17, 15) is 4.79 Å². The first-order valence-electron chi connectivity index (χ1n) is 7.36. The van der Waals surface area contributed by atoms with Crippen molar-refractivity contribution in [3.8, 4) is 17.0 Å². The molecule has 0 saturated heterocycles. The summed E-state index contributed by atoms with van der Waals surface area (Å²) < 4.78 is 7.49. The predicted molar refractivity (Wildman–Crippen MR) is 83.8 cm³/mol. The molecule has 0 saturated carbocycles. The van der Waals surface area contributed by atoms with Crippen molar-refractivity contribution in [2.45, 2.75) is 46.3 Å². The number of rotatable bonds is 6. The molecular formula is C17H22N2O2. The number of nitrogens with zero attached hydrogens (tertiary/aromatic N) is 2. The van der Waals surface area contributed by atoms with E-state index in [-0.39, 0.29) is 12.1 Å². The molecule has 0 fully saturated rings. The van der Waals surface area contributed by atoms with Gasteiger partial charge in [0.2, 0.25) is 0 Å². The Morgan fingerprint density at radius 2 is 1.90 bits per heavy atom. The lowest BCUT2D eigenvalue weighted by molar-refractivity contribution is 0.112. The summed E-state index contributed by atoms with van der Waals surface area (Å²) in [6.07, 6.45) is 3.79. The van der Waals surface area contributed by atoms with Crippen molar-refractivity contribution in [2.75, 3.05) is 0 Å². The molecule has 1 aromatic carbocycles. The van der Waals surface area contributed by atoms with Crippen LogP contribution in [0.5, 0.6) is 5.75 Å². The Hall–Kier alpha value is -2.10. The standard InChI is InChI=1S/C17H22N2O2/c1-5-13(4)19-10-15(11-20)17(18-19)14-6-8-16(9-7-14)21-12(2)3/h6-13H,5H2,1-4H3. The molecule has 0 bridgehead atoms. The van der Waals surface area contributed by atoms with Crippen LogP contribution >= 0.6 is 0 Å². The van der Waals surface area contributed by atoms with Crippen LogP contribution in [0.2, 0.25) is 0 Å². The zero-order valence-corrected chi connectivity index (χ0v) is 13.0. The van der Waals surface area contributed by atoms with Gasteiger partial charge in [-0.3, -0.25) is 9.48 Å². The summed E-state index contributed by atoms with van der Waals surface area (Å²) in [6, 6.07) is 7.97. The molecular weight excluding hydrogens is 264 g/mol. The zero-order valence-electron chi connectivity index (χ0n) is 13.0. The summed E-state index contributed by atoms with van der Waals surface area (Å²) in [4.78, 5) is 11.3. The van der Waals surface area contributed by atoms with Crippen molar-refractivity contribution >= 4 is 6.29 Å². The lowest BCUT2D eigenvalue weighted by atomic mass is 10.1. The number of hydrogen-bond acceptors (Lipinski definition) is 3. The quantitative estimate of drug-likeness (QED) is 0.750. The van der Waals surface area contributed by atoms with Crippen LogP contribution in [0.3, 0.4) is 0 Å². The first kappa shape index (κ1) is 15.3. The fraction of sp³-hybridized carbons (Fsp3) is 0.412. The van der Waals surface area contributed by atoms with Gasteiger partial charge in [0.1, 0.15) is 11.4 Å². The Labute approximate surface area is 125 Å². The van der Waals surface area contributed by atoms with Gasteiger partial charge < -0.3 is 4.74 Å². The van der Waals surface area contributed by atoms with Crippen LogP contribution in [-0.2, 0) is 0 Å². The topological polar surface area (TPSA) is 44.1 Å². The minimum absolute atomic E-state index is 0.144. The molecule has 0 radical (unpaired) electrons. The molecule has 0 N–H and O–H groups in total. The number of hydrogen-bond donors (Lipinski definition) is 0. The maximum atomic E-state index is 11.3. The van der Waals surface area contributed by atoms with Gasteiger partial charge in [-0.05, 0) is 51.5 Å². The molecule has 1 unspecified atom stereocenters. The van der Waals surface area contributed by atoms with Crippen LogP contribution in [0.1, 0.15) is 50.5 Å². The van der Waals surface area contributed by atoms with E-state index in [0.717, 1.165) is 29.7 Å². The van der Waals surface area contributed by atoms with E-state index in [4.69, 9.17) is 4.74 Å². The van der Waals surface area contributed by atoms with Crippen LogP contribution in [0.25, 0.3) is 11.3 Å². The lowest BCUT2D eigenvalue weighted by Gasteiger charge is -2.10. The van der Waals surface area contributed by atoms with Gasteiger partial charge in [0, 0.05) is 17.8 Å². The highest BCUT2D eigenvalue weighted by atomic mass is 16.5. The Balaban J connectivity index is 2.32. The van der Waals surface area contributed by atoms with Gasteiger partial charge in [-0.1, -0.05) is 6.92 Å². The second kappa shape index (κ2) is 6.57. The molecule has 4 heteroatoms. The van der Waals surface area contributed by atoms with Gasteiger partial charge in [-0.15, -0.1) is 0 Å². The second-order valence-electron chi connectivity index (χ2n) is 5.48. The first-order valence-corrected chi connectivity index (χ1v) is 7.36. The van der Waals surface area contributed by atoms with Crippen LogP contribution in [0, 0.1) is 0 Å². The summed E-state index contributed by atoms with van der Waals surface area (Å²) in [5.74, 6) is 0.822. The minimum Gasteiger partial charge on any atom is -0.491 e. The summed E-state index contributed by atoms with van der Waals surface area (Å²) >= 11 is 0. The first-order chi connectivity index (χ1) is 10.0. The number of benzene rings is 1. The van der Waals surface area contributed by atoms with Crippen molar-refractivity contribution in [2.24, 2.45) is 0 Å². The Kier molecular flexibility index (Phi) is 4.78. The Morgan fingerprint density at radius 1 is 1.24 bits per heavy atom. The van der Waals surface area contributed by atoms with Crippen molar-refractivity contribution in [3.63, 3.8) is 0 Å². The summed E-state index contributed by atoms with van der Waals surface area (Å²) in [5.41, 5.74) is 2.27.